The van der Waals surface area contributed by atoms with Gasteiger partial charge in [-0.3, -0.25) is 10.1 Å². The molecule has 1 N–H and O–H groups in total. The van der Waals surface area contributed by atoms with E-state index in [0.29, 0.717) is 10.2 Å². The van der Waals surface area contributed by atoms with Crippen LogP contribution in [0.4, 0.5) is 5.69 Å². The summed E-state index contributed by atoms with van der Waals surface area (Å²) in [6.45, 7) is 1.63. The zero-order chi connectivity index (χ0) is 14.2. The second-order valence-corrected chi connectivity index (χ2v) is 4.69. The fourth-order valence-electron chi connectivity index (χ4n) is 1.64. The highest BCUT2D eigenvalue weighted by molar-refractivity contribution is 9.10. The molecule has 98 valence electrons. The van der Waals surface area contributed by atoms with E-state index >= 15 is 0 Å². The smallest absolute Gasteiger partial charge is 0.356 e. The molecule has 0 spiro atoms. The number of carbonyl (C=O) groups is 1. The summed E-state index contributed by atoms with van der Waals surface area (Å²) >= 11 is 3.16. The molecule has 0 bridgehead atoms. The summed E-state index contributed by atoms with van der Waals surface area (Å²) in [6.07, 6.45) is 0. The van der Waals surface area contributed by atoms with Crippen LogP contribution in [0.1, 0.15) is 16.2 Å². The lowest BCUT2D eigenvalue weighted by Crippen LogP contribution is -2.05. The maximum absolute atomic E-state index is 11.0. The van der Waals surface area contributed by atoms with Crippen molar-refractivity contribution in [1.82, 2.24) is 9.78 Å². The van der Waals surface area contributed by atoms with Gasteiger partial charge in [0.1, 0.15) is 5.69 Å². The average molecular weight is 326 g/mol. The number of nitro groups is 1. The van der Waals surface area contributed by atoms with Gasteiger partial charge in [-0.05, 0) is 25.1 Å². The third-order valence-electron chi connectivity index (χ3n) is 2.47. The van der Waals surface area contributed by atoms with Gasteiger partial charge in [0.05, 0.1) is 4.92 Å². The predicted molar refractivity (Wildman–Crippen MR) is 69.6 cm³/mol. The number of hydrogen-bond acceptors (Lipinski definition) is 4. The van der Waals surface area contributed by atoms with Gasteiger partial charge in [0, 0.05) is 16.2 Å². The molecule has 0 saturated carbocycles. The molecule has 2 rings (SSSR count). The summed E-state index contributed by atoms with van der Waals surface area (Å²) in [5.74, 6) is -1.18. The summed E-state index contributed by atoms with van der Waals surface area (Å²) in [5, 5.41) is 23.8. The van der Waals surface area contributed by atoms with Crippen LogP contribution in [0.5, 0.6) is 0 Å². The van der Waals surface area contributed by atoms with E-state index in [1.807, 2.05) is 0 Å². The standard InChI is InChI=1S/C11H8BrN3O4/c1-6-4-8(11(16)17)13-14(6)9-3-2-7(12)5-10(9)15(18)19/h2-5H,1H3,(H,16,17). The Labute approximate surface area is 115 Å². The van der Waals surface area contributed by atoms with Crippen molar-refractivity contribution in [2.75, 3.05) is 0 Å². The average Bonchev–Trinajstić information content (AvgIpc) is 2.71. The van der Waals surface area contributed by atoms with E-state index in [2.05, 4.69) is 21.0 Å². The van der Waals surface area contributed by atoms with Gasteiger partial charge in [0.2, 0.25) is 0 Å². The first-order valence-corrected chi connectivity index (χ1v) is 5.93. The van der Waals surface area contributed by atoms with E-state index < -0.39 is 10.9 Å². The van der Waals surface area contributed by atoms with Crippen LogP contribution in [0.25, 0.3) is 5.69 Å². The second-order valence-electron chi connectivity index (χ2n) is 3.78. The molecule has 2 aromatic rings. The number of rotatable bonds is 3. The van der Waals surface area contributed by atoms with E-state index in [0.717, 1.165) is 0 Å². The van der Waals surface area contributed by atoms with Crippen LogP contribution < -0.4 is 0 Å². The summed E-state index contributed by atoms with van der Waals surface area (Å²) in [7, 11) is 0. The first-order valence-electron chi connectivity index (χ1n) is 5.14. The van der Waals surface area contributed by atoms with Crippen LogP contribution in [0.15, 0.2) is 28.7 Å². The maximum Gasteiger partial charge on any atom is 0.356 e. The zero-order valence-electron chi connectivity index (χ0n) is 9.70. The van der Waals surface area contributed by atoms with Crippen molar-refractivity contribution in [3.8, 4) is 5.69 Å². The molecule has 1 aromatic heterocycles. The molecule has 8 heteroatoms. The zero-order valence-corrected chi connectivity index (χ0v) is 11.3. The Morgan fingerprint density at radius 1 is 1.47 bits per heavy atom. The van der Waals surface area contributed by atoms with E-state index in [9.17, 15) is 14.9 Å². The van der Waals surface area contributed by atoms with Gasteiger partial charge >= 0.3 is 5.97 Å². The lowest BCUT2D eigenvalue weighted by molar-refractivity contribution is -0.384. The summed E-state index contributed by atoms with van der Waals surface area (Å²) in [4.78, 5) is 21.3. The van der Waals surface area contributed by atoms with Crippen molar-refractivity contribution < 1.29 is 14.8 Å². The Balaban J connectivity index is 2.65. The Hall–Kier alpha value is -2.22. The molecule has 0 amide bonds. The van der Waals surface area contributed by atoms with Gasteiger partial charge in [-0.25, -0.2) is 9.48 Å². The number of halogens is 1. The number of nitrogens with zero attached hydrogens (tertiary/aromatic N) is 3. The van der Waals surface area contributed by atoms with Gasteiger partial charge in [0.25, 0.3) is 5.69 Å². The number of hydrogen-bond donors (Lipinski definition) is 1. The quantitative estimate of drug-likeness (QED) is 0.690. The Morgan fingerprint density at radius 3 is 2.68 bits per heavy atom. The Bertz CT molecular complexity index is 681. The monoisotopic (exact) mass is 325 g/mol. The molecule has 0 fully saturated rings. The SMILES string of the molecule is Cc1cc(C(=O)O)nn1-c1ccc(Br)cc1[N+](=O)[O-]. The van der Waals surface area contributed by atoms with E-state index in [1.54, 1.807) is 13.0 Å². The van der Waals surface area contributed by atoms with Crippen molar-refractivity contribution in [2.45, 2.75) is 6.92 Å². The molecular weight excluding hydrogens is 318 g/mol. The predicted octanol–water partition coefficient (Wildman–Crippen LogP) is 2.55. The third-order valence-corrected chi connectivity index (χ3v) is 2.96. The number of carboxylic acid groups (broad SMARTS) is 1. The molecule has 0 atom stereocenters. The first-order chi connectivity index (χ1) is 8.90. The van der Waals surface area contributed by atoms with E-state index in [4.69, 9.17) is 5.11 Å². The number of benzene rings is 1. The van der Waals surface area contributed by atoms with Crippen LogP contribution in [-0.2, 0) is 0 Å². The molecule has 0 aliphatic rings. The Morgan fingerprint density at radius 2 is 2.16 bits per heavy atom. The minimum atomic E-state index is -1.18. The van der Waals surface area contributed by atoms with Crippen LogP contribution in [0.3, 0.4) is 0 Å². The molecular formula is C11H8BrN3O4. The lowest BCUT2D eigenvalue weighted by Gasteiger charge is -2.05. The third kappa shape index (κ3) is 2.48. The van der Waals surface area contributed by atoms with Crippen LogP contribution >= 0.6 is 15.9 Å². The van der Waals surface area contributed by atoms with Gasteiger partial charge in [0.15, 0.2) is 5.69 Å². The number of nitro benzene ring substituents is 1. The summed E-state index contributed by atoms with van der Waals surface area (Å²) < 4.78 is 1.81. The highest BCUT2D eigenvalue weighted by atomic mass is 79.9. The van der Waals surface area contributed by atoms with Crippen molar-refractivity contribution in [3.05, 3.63) is 50.2 Å². The van der Waals surface area contributed by atoms with E-state index in [1.165, 1.54) is 22.9 Å². The normalized spacial score (nSPS) is 10.4. The first kappa shape index (κ1) is 13.2. The molecule has 7 nitrogen and oxygen atoms in total. The largest absolute Gasteiger partial charge is 0.476 e. The van der Waals surface area contributed by atoms with Crippen LogP contribution in [-0.4, -0.2) is 25.8 Å². The molecule has 0 aliphatic heterocycles. The van der Waals surface area contributed by atoms with Crippen LogP contribution in [0.2, 0.25) is 0 Å². The van der Waals surface area contributed by atoms with Gasteiger partial charge in [-0.2, -0.15) is 5.10 Å². The molecule has 1 heterocycles. The molecule has 0 unspecified atom stereocenters. The number of aryl methyl sites for hydroxylation is 1. The van der Waals surface area contributed by atoms with Crippen molar-refractivity contribution in [1.29, 1.82) is 0 Å². The molecule has 0 radical (unpaired) electrons. The van der Waals surface area contributed by atoms with Crippen LogP contribution in [0, 0.1) is 17.0 Å². The molecule has 1 aromatic carbocycles. The van der Waals surface area contributed by atoms with Crippen molar-refractivity contribution in [3.63, 3.8) is 0 Å². The highest BCUT2D eigenvalue weighted by Crippen LogP contribution is 2.27. The fourth-order valence-corrected chi connectivity index (χ4v) is 1.99. The number of aromatic nitrogens is 2. The topological polar surface area (TPSA) is 98.3 Å². The fraction of sp³-hybridized carbons (Fsp3) is 0.0909. The van der Waals surface area contributed by atoms with Gasteiger partial charge < -0.3 is 5.11 Å². The molecule has 0 saturated heterocycles. The summed E-state index contributed by atoms with van der Waals surface area (Å²) in [5.41, 5.74) is 0.410. The lowest BCUT2D eigenvalue weighted by atomic mass is 10.2. The second kappa shape index (κ2) is 4.81. The van der Waals surface area contributed by atoms with Gasteiger partial charge in [-0.15, -0.1) is 0 Å². The molecule has 0 aliphatic carbocycles. The summed E-state index contributed by atoms with van der Waals surface area (Å²) in [6, 6.07) is 5.84. The van der Waals surface area contributed by atoms with Crippen molar-refractivity contribution in [2.24, 2.45) is 0 Å². The van der Waals surface area contributed by atoms with Crippen molar-refractivity contribution >= 4 is 27.6 Å². The minimum Gasteiger partial charge on any atom is -0.476 e. The van der Waals surface area contributed by atoms with Gasteiger partial charge in [-0.1, -0.05) is 15.9 Å². The number of carboxylic acids is 1. The molecule has 19 heavy (non-hydrogen) atoms. The minimum absolute atomic E-state index is 0.155. The van der Waals surface area contributed by atoms with E-state index in [-0.39, 0.29) is 17.1 Å². The number of aromatic carboxylic acids is 1. The maximum atomic E-state index is 11.0. The highest BCUT2D eigenvalue weighted by Gasteiger charge is 2.20. The Kier molecular flexibility index (Phi) is 3.34.